The fourth-order valence-electron chi connectivity index (χ4n) is 4.03. The molecule has 0 radical (unpaired) electrons. The molecule has 1 saturated heterocycles. The van der Waals surface area contributed by atoms with Crippen molar-refractivity contribution < 1.29 is 4.74 Å². The minimum absolute atomic E-state index is 0.270. The number of ether oxygens (including phenoxy) is 1. The largest absolute Gasteiger partial charge is 0.486 e. The first-order chi connectivity index (χ1) is 15.2. The molecule has 0 unspecified atom stereocenters. The van der Waals surface area contributed by atoms with Gasteiger partial charge in [0.2, 0.25) is 0 Å². The maximum absolute atomic E-state index is 6.55. The van der Waals surface area contributed by atoms with E-state index in [2.05, 4.69) is 25.3 Å². The van der Waals surface area contributed by atoms with Gasteiger partial charge in [0.15, 0.2) is 0 Å². The summed E-state index contributed by atoms with van der Waals surface area (Å²) < 4.78 is 7.91. The Morgan fingerprint density at radius 1 is 1.26 bits per heavy atom. The minimum atomic E-state index is 0.270. The lowest BCUT2D eigenvalue weighted by Gasteiger charge is -2.25. The highest BCUT2D eigenvalue weighted by Crippen LogP contribution is 2.37. The summed E-state index contributed by atoms with van der Waals surface area (Å²) in [7, 11) is 0. The second-order valence-corrected chi connectivity index (χ2v) is 8.06. The molecule has 8 nitrogen and oxygen atoms in total. The normalized spacial score (nSPS) is 18.1. The van der Waals surface area contributed by atoms with Crippen LogP contribution in [-0.4, -0.2) is 40.4 Å². The summed E-state index contributed by atoms with van der Waals surface area (Å²) in [6, 6.07) is 11.7. The molecule has 0 aliphatic carbocycles. The van der Waals surface area contributed by atoms with Crippen molar-refractivity contribution in [2.24, 2.45) is 10.7 Å². The summed E-state index contributed by atoms with van der Waals surface area (Å²) in [5.74, 6) is 2.01. The SMILES string of the molecule is NC1=NCNc2c1c(-c1ccc(OCc3ccccn3)c(Cl)c1)nn2[C@@H]1CCCNC1. The van der Waals surface area contributed by atoms with E-state index in [1.54, 1.807) is 6.20 Å². The van der Waals surface area contributed by atoms with Crippen LogP contribution >= 0.6 is 11.6 Å². The van der Waals surface area contributed by atoms with Gasteiger partial charge in [0.25, 0.3) is 0 Å². The van der Waals surface area contributed by atoms with E-state index in [0.29, 0.717) is 29.9 Å². The molecule has 0 saturated carbocycles. The number of nitrogens with two attached hydrogens (primary N) is 1. The van der Waals surface area contributed by atoms with E-state index < -0.39 is 0 Å². The van der Waals surface area contributed by atoms with Gasteiger partial charge >= 0.3 is 0 Å². The van der Waals surface area contributed by atoms with Crippen molar-refractivity contribution in [1.29, 1.82) is 0 Å². The Morgan fingerprint density at radius 2 is 2.19 bits per heavy atom. The number of hydrogen-bond donors (Lipinski definition) is 3. The van der Waals surface area contributed by atoms with E-state index in [4.69, 9.17) is 27.2 Å². The number of aliphatic imine (C=N–C) groups is 1. The van der Waals surface area contributed by atoms with E-state index in [0.717, 1.165) is 54.3 Å². The fraction of sp³-hybridized carbons (Fsp3) is 0.318. The Labute approximate surface area is 185 Å². The molecular formula is C22H24ClN7O. The summed E-state index contributed by atoms with van der Waals surface area (Å²) in [6.07, 6.45) is 3.93. The highest BCUT2D eigenvalue weighted by Gasteiger charge is 2.28. The first-order valence-corrected chi connectivity index (χ1v) is 10.8. The molecule has 1 fully saturated rings. The number of nitrogens with one attached hydrogen (secondary N) is 2. The van der Waals surface area contributed by atoms with Crippen molar-refractivity contribution in [3.8, 4) is 17.0 Å². The lowest BCUT2D eigenvalue weighted by molar-refractivity contribution is 0.301. The third-order valence-electron chi connectivity index (χ3n) is 5.59. The third-order valence-corrected chi connectivity index (χ3v) is 5.88. The number of benzene rings is 1. The third kappa shape index (κ3) is 3.96. The maximum Gasteiger partial charge on any atom is 0.138 e. The van der Waals surface area contributed by atoms with Crippen LogP contribution in [0, 0.1) is 0 Å². The molecule has 5 rings (SSSR count). The van der Waals surface area contributed by atoms with Crippen LogP contribution in [0.15, 0.2) is 47.6 Å². The van der Waals surface area contributed by atoms with Gasteiger partial charge in [-0.2, -0.15) is 5.10 Å². The number of nitrogens with zero attached hydrogens (tertiary/aromatic N) is 4. The molecule has 1 atom stereocenters. The minimum Gasteiger partial charge on any atom is -0.486 e. The van der Waals surface area contributed by atoms with Gasteiger partial charge in [-0.25, -0.2) is 9.67 Å². The average Bonchev–Trinajstić information content (AvgIpc) is 3.21. The summed E-state index contributed by atoms with van der Waals surface area (Å²) >= 11 is 6.55. The summed E-state index contributed by atoms with van der Waals surface area (Å²) in [5, 5.41) is 12.3. The lowest BCUT2D eigenvalue weighted by atomic mass is 10.1. The molecule has 9 heteroatoms. The molecule has 0 spiro atoms. The summed E-state index contributed by atoms with van der Waals surface area (Å²) in [6.45, 7) is 2.72. The standard InChI is InChI=1S/C22H24ClN7O/c23-17-10-14(6-7-18(17)31-12-15-4-1-2-9-26-15)20-19-21(24)27-13-28-22(19)30(29-20)16-5-3-8-25-11-16/h1-2,4,6-7,9-10,16,25,28H,3,5,8,11-13H2,(H2,24,27)/t16-/m1/s1. The van der Waals surface area contributed by atoms with Crippen LogP contribution < -0.4 is 21.1 Å². The van der Waals surface area contributed by atoms with Crippen molar-refractivity contribution in [3.63, 3.8) is 0 Å². The quantitative estimate of drug-likeness (QED) is 0.566. The predicted molar refractivity (Wildman–Crippen MR) is 122 cm³/mol. The van der Waals surface area contributed by atoms with E-state index in [1.807, 2.05) is 36.4 Å². The lowest BCUT2D eigenvalue weighted by Crippen LogP contribution is -2.33. The van der Waals surface area contributed by atoms with E-state index in [1.165, 1.54) is 0 Å². The molecule has 160 valence electrons. The van der Waals surface area contributed by atoms with Crippen LogP contribution in [0.25, 0.3) is 11.3 Å². The fourth-order valence-corrected chi connectivity index (χ4v) is 4.27. The van der Waals surface area contributed by atoms with Gasteiger partial charge in [0.1, 0.15) is 36.4 Å². The Balaban J connectivity index is 1.46. The van der Waals surface area contributed by atoms with Gasteiger partial charge in [-0.3, -0.25) is 4.98 Å². The maximum atomic E-state index is 6.55. The smallest absolute Gasteiger partial charge is 0.138 e. The van der Waals surface area contributed by atoms with Gasteiger partial charge in [-0.05, 0) is 49.7 Å². The molecule has 1 aromatic carbocycles. The van der Waals surface area contributed by atoms with Crippen LogP contribution in [0.1, 0.15) is 30.1 Å². The van der Waals surface area contributed by atoms with E-state index in [9.17, 15) is 0 Å². The number of amidine groups is 1. The first kappa shape index (κ1) is 19.8. The number of pyridine rings is 1. The molecule has 2 aliphatic heterocycles. The Kier molecular flexibility index (Phi) is 5.48. The second kappa shape index (κ2) is 8.56. The number of anilines is 1. The van der Waals surface area contributed by atoms with Crippen molar-refractivity contribution >= 4 is 23.3 Å². The van der Waals surface area contributed by atoms with Gasteiger partial charge in [-0.15, -0.1) is 0 Å². The van der Waals surface area contributed by atoms with Crippen LogP contribution in [0.4, 0.5) is 5.82 Å². The van der Waals surface area contributed by atoms with Gasteiger partial charge in [-0.1, -0.05) is 17.7 Å². The van der Waals surface area contributed by atoms with Crippen molar-refractivity contribution in [3.05, 3.63) is 58.9 Å². The average molecular weight is 438 g/mol. The summed E-state index contributed by atoms with van der Waals surface area (Å²) in [4.78, 5) is 8.64. The zero-order valence-corrected chi connectivity index (χ0v) is 17.8. The number of piperidine rings is 1. The van der Waals surface area contributed by atoms with Gasteiger partial charge < -0.3 is 21.1 Å². The molecule has 0 bridgehead atoms. The number of hydrogen-bond acceptors (Lipinski definition) is 7. The monoisotopic (exact) mass is 437 g/mol. The molecule has 3 aromatic rings. The topological polar surface area (TPSA) is 102 Å². The molecule has 31 heavy (non-hydrogen) atoms. The molecule has 2 aromatic heterocycles. The van der Waals surface area contributed by atoms with E-state index in [-0.39, 0.29) is 6.04 Å². The number of rotatable bonds is 5. The van der Waals surface area contributed by atoms with Crippen LogP contribution in [0.3, 0.4) is 0 Å². The predicted octanol–water partition coefficient (Wildman–Crippen LogP) is 3.19. The number of aromatic nitrogens is 3. The zero-order chi connectivity index (χ0) is 21.2. The van der Waals surface area contributed by atoms with Crippen molar-refractivity contribution in [1.82, 2.24) is 20.1 Å². The summed E-state index contributed by atoms with van der Waals surface area (Å²) in [5.41, 5.74) is 9.59. The zero-order valence-electron chi connectivity index (χ0n) is 17.0. The molecule has 2 aliphatic rings. The molecular weight excluding hydrogens is 414 g/mol. The van der Waals surface area contributed by atoms with Crippen molar-refractivity contribution in [2.75, 3.05) is 25.1 Å². The van der Waals surface area contributed by atoms with Gasteiger partial charge in [0, 0.05) is 18.3 Å². The number of fused-ring (bicyclic) bond motifs is 1. The van der Waals surface area contributed by atoms with Gasteiger partial charge in [0.05, 0.1) is 22.3 Å². The van der Waals surface area contributed by atoms with Crippen LogP contribution in [0.5, 0.6) is 5.75 Å². The second-order valence-electron chi connectivity index (χ2n) is 7.65. The molecule has 0 amide bonds. The highest BCUT2D eigenvalue weighted by molar-refractivity contribution is 6.32. The van der Waals surface area contributed by atoms with Crippen LogP contribution in [-0.2, 0) is 6.61 Å². The highest BCUT2D eigenvalue weighted by atomic mass is 35.5. The molecule has 4 heterocycles. The van der Waals surface area contributed by atoms with Crippen LogP contribution in [0.2, 0.25) is 5.02 Å². The Hall–Kier alpha value is -3.10. The molecule has 4 N–H and O–H groups in total. The Morgan fingerprint density at radius 3 is 2.97 bits per heavy atom. The van der Waals surface area contributed by atoms with E-state index >= 15 is 0 Å². The van der Waals surface area contributed by atoms with Crippen molar-refractivity contribution in [2.45, 2.75) is 25.5 Å². The number of halogens is 1. The first-order valence-electron chi connectivity index (χ1n) is 10.4. The Bertz CT molecular complexity index is 1110.